The SMILES string of the molecule is O=C(NC(CO)CO)[C@H]1CCC(=O)N(CCCc2ccccc2)C1. The molecule has 1 saturated heterocycles. The molecule has 2 amide bonds. The summed E-state index contributed by atoms with van der Waals surface area (Å²) in [4.78, 5) is 26.0. The third-order valence-electron chi connectivity index (χ3n) is 4.39. The number of rotatable bonds is 8. The monoisotopic (exact) mass is 334 g/mol. The number of hydrogen-bond donors (Lipinski definition) is 3. The molecule has 6 nitrogen and oxygen atoms in total. The van der Waals surface area contributed by atoms with Crippen molar-refractivity contribution >= 4 is 11.8 Å². The van der Waals surface area contributed by atoms with Crippen molar-refractivity contribution in [2.75, 3.05) is 26.3 Å². The maximum Gasteiger partial charge on any atom is 0.225 e. The van der Waals surface area contributed by atoms with Gasteiger partial charge in [0.1, 0.15) is 0 Å². The summed E-state index contributed by atoms with van der Waals surface area (Å²) in [5, 5.41) is 20.7. The fourth-order valence-electron chi connectivity index (χ4n) is 2.93. The van der Waals surface area contributed by atoms with Gasteiger partial charge in [-0.2, -0.15) is 0 Å². The van der Waals surface area contributed by atoms with Gasteiger partial charge >= 0.3 is 0 Å². The van der Waals surface area contributed by atoms with Crippen LogP contribution < -0.4 is 5.32 Å². The molecule has 6 heteroatoms. The molecule has 3 N–H and O–H groups in total. The Hall–Kier alpha value is -1.92. The highest BCUT2D eigenvalue weighted by Gasteiger charge is 2.30. The molecule has 1 aromatic rings. The molecule has 0 aliphatic carbocycles. The summed E-state index contributed by atoms with van der Waals surface area (Å²) < 4.78 is 0. The van der Waals surface area contributed by atoms with Crippen molar-refractivity contribution in [1.82, 2.24) is 10.2 Å². The average Bonchev–Trinajstić information content (AvgIpc) is 2.62. The van der Waals surface area contributed by atoms with Crippen LogP contribution in [-0.2, 0) is 16.0 Å². The van der Waals surface area contributed by atoms with E-state index in [1.165, 1.54) is 5.56 Å². The molecule has 1 aliphatic rings. The van der Waals surface area contributed by atoms with Gasteiger partial charge in [0, 0.05) is 19.5 Å². The van der Waals surface area contributed by atoms with E-state index in [9.17, 15) is 9.59 Å². The van der Waals surface area contributed by atoms with E-state index < -0.39 is 6.04 Å². The number of likely N-dealkylation sites (tertiary alicyclic amines) is 1. The first kappa shape index (κ1) is 18.4. The van der Waals surface area contributed by atoms with Gasteiger partial charge in [0.25, 0.3) is 0 Å². The van der Waals surface area contributed by atoms with Crippen molar-refractivity contribution < 1.29 is 19.8 Å². The summed E-state index contributed by atoms with van der Waals surface area (Å²) in [6, 6.07) is 9.48. The molecule has 0 saturated carbocycles. The number of nitrogens with zero attached hydrogens (tertiary/aromatic N) is 1. The van der Waals surface area contributed by atoms with E-state index in [0.29, 0.717) is 25.9 Å². The van der Waals surface area contributed by atoms with Gasteiger partial charge in [-0.1, -0.05) is 30.3 Å². The molecule has 132 valence electrons. The number of benzene rings is 1. The van der Waals surface area contributed by atoms with Gasteiger partial charge in [-0.15, -0.1) is 0 Å². The largest absolute Gasteiger partial charge is 0.394 e. The molecule has 1 aromatic carbocycles. The first-order valence-corrected chi connectivity index (χ1v) is 8.47. The van der Waals surface area contributed by atoms with Crippen LogP contribution in [0, 0.1) is 5.92 Å². The number of aliphatic hydroxyl groups excluding tert-OH is 2. The lowest BCUT2D eigenvalue weighted by molar-refractivity contribution is -0.138. The summed E-state index contributed by atoms with van der Waals surface area (Å²) in [5.41, 5.74) is 1.24. The van der Waals surface area contributed by atoms with Crippen molar-refractivity contribution in [3.05, 3.63) is 35.9 Å². The highest BCUT2D eigenvalue weighted by molar-refractivity contribution is 5.84. The summed E-state index contributed by atoms with van der Waals surface area (Å²) >= 11 is 0. The van der Waals surface area contributed by atoms with Crippen LogP contribution in [0.2, 0.25) is 0 Å². The van der Waals surface area contributed by atoms with E-state index >= 15 is 0 Å². The first-order valence-electron chi connectivity index (χ1n) is 8.47. The smallest absolute Gasteiger partial charge is 0.225 e. The second-order valence-corrected chi connectivity index (χ2v) is 6.24. The van der Waals surface area contributed by atoms with Crippen LogP contribution in [0.3, 0.4) is 0 Å². The Labute approximate surface area is 142 Å². The number of carbonyl (C=O) groups excluding carboxylic acids is 2. The molecule has 1 aliphatic heterocycles. The Morgan fingerprint density at radius 3 is 2.62 bits per heavy atom. The van der Waals surface area contributed by atoms with Gasteiger partial charge < -0.3 is 20.4 Å². The van der Waals surface area contributed by atoms with Crippen LogP contribution in [-0.4, -0.2) is 59.3 Å². The zero-order valence-corrected chi connectivity index (χ0v) is 13.9. The fourth-order valence-corrected chi connectivity index (χ4v) is 2.93. The van der Waals surface area contributed by atoms with Crippen LogP contribution >= 0.6 is 0 Å². The van der Waals surface area contributed by atoms with Gasteiger partial charge in [0.2, 0.25) is 11.8 Å². The number of piperidine rings is 1. The van der Waals surface area contributed by atoms with E-state index in [1.54, 1.807) is 4.90 Å². The predicted molar refractivity (Wildman–Crippen MR) is 90.2 cm³/mol. The van der Waals surface area contributed by atoms with Crippen LogP contribution in [0.25, 0.3) is 0 Å². The predicted octanol–water partition coefficient (Wildman–Crippen LogP) is 0.327. The lowest BCUT2D eigenvalue weighted by atomic mass is 9.96. The zero-order chi connectivity index (χ0) is 17.4. The number of aryl methyl sites for hydroxylation is 1. The maximum atomic E-state index is 12.2. The Morgan fingerprint density at radius 2 is 1.96 bits per heavy atom. The normalized spacial score (nSPS) is 18.0. The third-order valence-corrected chi connectivity index (χ3v) is 4.39. The summed E-state index contributed by atoms with van der Waals surface area (Å²) in [7, 11) is 0. The first-order chi connectivity index (χ1) is 11.6. The minimum absolute atomic E-state index is 0.0907. The van der Waals surface area contributed by atoms with Gasteiger partial charge in [-0.3, -0.25) is 9.59 Å². The quantitative estimate of drug-likeness (QED) is 0.639. The number of carbonyl (C=O) groups is 2. The molecule has 24 heavy (non-hydrogen) atoms. The van der Waals surface area contributed by atoms with Crippen LogP contribution in [0.1, 0.15) is 24.8 Å². The number of nitrogens with one attached hydrogen (secondary N) is 1. The molecule has 1 atom stereocenters. The molecular formula is C18H26N2O4. The topological polar surface area (TPSA) is 89.9 Å². The lowest BCUT2D eigenvalue weighted by Gasteiger charge is -2.32. The summed E-state index contributed by atoms with van der Waals surface area (Å²) in [6.07, 6.45) is 2.65. The molecule has 2 rings (SSSR count). The van der Waals surface area contributed by atoms with E-state index in [2.05, 4.69) is 17.4 Å². The molecule has 0 bridgehead atoms. The van der Waals surface area contributed by atoms with Crippen molar-refractivity contribution in [2.45, 2.75) is 31.7 Å². The standard InChI is InChI=1S/C18H26N2O4/c21-12-16(13-22)19-18(24)15-8-9-17(23)20(11-15)10-4-7-14-5-2-1-3-6-14/h1-3,5-6,15-16,21-22H,4,7-13H2,(H,19,24)/t15-/m0/s1. The molecule has 0 aromatic heterocycles. The van der Waals surface area contributed by atoms with E-state index in [0.717, 1.165) is 12.8 Å². The molecule has 1 heterocycles. The van der Waals surface area contributed by atoms with E-state index in [1.807, 2.05) is 18.2 Å². The van der Waals surface area contributed by atoms with Crippen LogP contribution in [0.5, 0.6) is 0 Å². The molecule has 0 unspecified atom stereocenters. The Bertz CT molecular complexity index is 531. The Morgan fingerprint density at radius 1 is 1.25 bits per heavy atom. The highest BCUT2D eigenvalue weighted by atomic mass is 16.3. The number of hydrogen-bond acceptors (Lipinski definition) is 4. The average molecular weight is 334 g/mol. The van der Waals surface area contributed by atoms with Crippen molar-refractivity contribution in [1.29, 1.82) is 0 Å². The van der Waals surface area contributed by atoms with Crippen molar-refractivity contribution in [2.24, 2.45) is 5.92 Å². The maximum absolute atomic E-state index is 12.2. The van der Waals surface area contributed by atoms with E-state index in [-0.39, 0.29) is 30.9 Å². The van der Waals surface area contributed by atoms with E-state index in [4.69, 9.17) is 10.2 Å². The zero-order valence-electron chi connectivity index (χ0n) is 13.9. The van der Waals surface area contributed by atoms with Gasteiger partial charge in [-0.25, -0.2) is 0 Å². The minimum Gasteiger partial charge on any atom is -0.394 e. The minimum atomic E-state index is -0.637. The van der Waals surface area contributed by atoms with Crippen LogP contribution in [0.4, 0.5) is 0 Å². The molecule has 0 radical (unpaired) electrons. The molecule has 0 spiro atoms. The summed E-state index contributed by atoms with van der Waals surface area (Å²) in [6.45, 7) is 0.452. The second kappa shape index (κ2) is 9.39. The third kappa shape index (κ3) is 5.32. The molecule has 1 fully saturated rings. The van der Waals surface area contributed by atoms with Gasteiger partial charge in [0.15, 0.2) is 0 Å². The number of aliphatic hydroxyl groups is 2. The second-order valence-electron chi connectivity index (χ2n) is 6.24. The Kier molecular flexibility index (Phi) is 7.21. The van der Waals surface area contributed by atoms with Crippen molar-refractivity contribution in [3.63, 3.8) is 0 Å². The van der Waals surface area contributed by atoms with Crippen molar-refractivity contribution in [3.8, 4) is 0 Å². The highest BCUT2D eigenvalue weighted by Crippen LogP contribution is 2.18. The summed E-state index contributed by atoms with van der Waals surface area (Å²) in [5.74, 6) is -0.392. The van der Waals surface area contributed by atoms with Gasteiger partial charge in [-0.05, 0) is 24.8 Å². The fraction of sp³-hybridized carbons (Fsp3) is 0.556. The van der Waals surface area contributed by atoms with Gasteiger partial charge in [0.05, 0.1) is 25.2 Å². The Balaban J connectivity index is 1.81. The molecular weight excluding hydrogens is 308 g/mol. The number of amides is 2. The van der Waals surface area contributed by atoms with Crippen LogP contribution in [0.15, 0.2) is 30.3 Å². The lowest BCUT2D eigenvalue weighted by Crippen LogP contribution is -2.49.